The Bertz CT molecular complexity index is 269. The van der Waals surface area contributed by atoms with Crippen molar-refractivity contribution in [2.24, 2.45) is 11.8 Å². The second-order valence-corrected chi connectivity index (χ2v) is 4.74. The molecular weight excluding hydrogens is 204 g/mol. The van der Waals surface area contributed by atoms with Gasteiger partial charge >= 0.3 is 0 Å². The standard InChI is InChI=1S/C12H20N2O2/c1-2-13-6-3-7-14-11(15)9-4-5-10(8-9)12(14)16/h9-10,13H,2-8H2,1H3. The van der Waals surface area contributed by atoms with Crippen LogP contribution in [-0.2, 0) is 9.59 Å². The van der Waals surface area contributed by atoms with Crippen molar-refractivity contribution in [1.29, 1.82) is 0 Å². The van der Waals surface area contributed by atoms with Crippen LogP contribution in [0, 0.1) is 11.8 Å². The number of hydrogen-bond donors (Lipinski definition) is 1. The first-order valence-corrected chi connectivity index (χ1v) is 6.30. The lowest BCUT2D eigenvalue weighted by Gasteiger charge is -2.29. The molecule has 1 saturated carbocycles. The van der Waals surface area contributed by atoms with Gasteiger partial charge in [0.15, 0.2) is 0 Å². The minimum absolute atomic E-state index is 0.0789. The van der Waals surface area contributed by atoms with E-state index in [0.717, 1.165) is 38.8 Å². The van der Waals surface area contributed by atoms with Crippen molar-refractivity contribution < 1.29 is 9.59 Å². The minimum Gasteiger partial charge on any atom is -0.317 e. The average Bonchev–Trinajstić information content (AvgIpc) is 2.72. The van der Waals surface area contributed by atoms with Gasteiger partial charge in [0.05, 0.1) is 0 Å². The number of nitrogens with zero attached hydrogens (tertiary/aromatic N) is 1. The van der Waals surface area contributed by atoms with Crippen LogP contribution < -0.4 is 5.32 Å². The number of carbonyl (C=O) groups is 2. The van der Waals surface area contributed by atoms with E-state index in [-0.39, 0.29) is 23.7 Å². The summed E-state index contributed by atoms with van der Waals surface area (Å²) in [6.07, 6.45) is 3.50. The van der Waals surface area contributed by atoms with Crippen molar-refractivity contribution in [3.05, 3.63) is 0 Å². The van der Waals surface area contributed by atoms with E-state index in [1.165, 1.54) is 4.90 Å². The van der Waals surface area contributed by atoms with Crippen LogP contribution in [0.25, 0.3) is 0 Å². The zero-order chi connectivity index (χ0) is 11.5. The van der Waals surface area contributed by atoms with Crippen molar-refractivity contribution in [3.8, 4) is 0 Å². The summed E-state index contributed by atoms with van der Waals surface area (Å²) in [4.78, 5) is 25.4. The number of rotatable bonds is 5. The first kappa shape index (κ1) is 11.6. The Morgan fingerprint density at radius 2 is 1.88 bits per heavy atom. The quantitative estimate of drug-likeness (QED) is 0.554. The summed E-state index contributed by atoms with van der Waals surface area (Å²) >= 11 is 0. The number of amides is 2. The summed E-state index contributed by atoms with van der Waals surface area (Å²) < 4.78 is 0. The van der Waals surface area contributed by atoms with Crippen molar-refractivity contribution in [2.45, 2.75) is 32.6 Å². The number of imide groups is 1. The molecule has 0 aromatic heterocycles. The zero-order valence-electron chi connectivity index (χ0n) is 9.87. The van der Waals surface area contributed by atoms with E-state index in [2.05, 4.69) is 12.2 Å². The topological polar surface area (TPSA) is 49.4 Å². The van der Waals surface area contributed by atoms with Gasteiger partial charge in [0.2, 0.25) is 11.8 Å². The first-order valence-electron chi connectivity index (χ1n) is 6.30. The molecule has 0 aromatic rings. The van der Waals surface area contributed by atoms with Crippen molar-refractivity contribution in [2.75, 3.05) is 19.6 Å². The van der Waals surface area contributed by atoms with Gasteiger partial charge in [-0.15, -0.1) is 0 Å². The Labute approximate surface area is 96.4 Å². The van der Waals surface area contributed by atoms with Gasteiger partial charge in [0, 0.05) is 18.4 Å². The predicted octanol–water partition coefficient (Wildman–Crippen LogP) is 0.771. The van der Waals surface area contributed by atoms with Gasteiger partial charge in [-0.3, -0.25) is 14.5 Å². The maximum Gasteiger partial charge on any atom is 0.232 e. The molecule has 4 heteroatoms. The van der Waals surface area contributed by atoms with Crippen molar-refractivity contribution >= 4 is 11.8 Å². The zero-order valence-corrected chi connectivity index (χ0v) is 9.87. The lowest BCUT2D eigenvalue weighted by molar-refractivity contribution is -0.152. The molecule has 2 amide bonds. The van der Waals surface area contributed by atoms with E-state index in [9.17, 15) is 9.59 Å². The van der Waals surface area contributed by atoms with Crippen LogP contribution in [0.1, 0.15) is 32.6 Å². The molecule has 2 unspecified atom stereocenters. The maximum absolute atomic E-state index is 11.9. The summed E-state index contributed by atoms with van der Waals surface area (Å²) in [7, 11) is 0. The van der Waals surface area contributed by atoms with Gasteiger partial charge in [-0.2, -0.15) is 0 Å². The van der Waals surface area contributed by atoms with Gasteiger partial charge < -0.3 is 5.32 Å². The van der Waals surface area contributed by atoms with E-state index in [1.807, 2.05) is 0 Å². The molecule has 90 valence electrons. The highest BCUT2D eigenvalue weighted by Gasteiger charge is 2.44. The Balaban J connectivity index is 1.88. The highest BCUT2D eigenvalue weighted by molar-refractivity contribution is 6.00. The third-order valence-electron chi connectivity index (χ3n) is 3.65. The fourth-order valence-corrected chi connectivity index (χ4v) is 2.74. The lowest BCUT2D eigenvalue weighted by Crippen LogP contribution is -2.47. The molecule has 4 nitrogen and oxygen atoms in total. The van der Waals surface area contributed by atoms with E-state index in [4.69, 9.17) is 0 Å². The largest absolute Gasteiger partial charge is 0.317 e. The molecular formula is C12H20N2O2. The fraction of sp³-hybridized carbons (Fsp3) is 0.833. The SMILES string of the molecule is CCNCCCN1C(=O)C2CCC(C2)C1=O. The molecule has 0 aromatic carbocycles. The van der Waals surface area contributed by atoms with Gasteiger partial charge in [-0.1, -0.05) is 6.92 Å². The molecule has 16 heavy (non-hydrogen) atoms. The van der Waals surface area contributed by atoms with Gasteiger partial charge in [-0.05, 0) is 38.8 Å². The van der Waals surface area contributed by atoms with Crippen molar-refractivity contribution in [3.63, 3.8) is 0 Å². The number of hydrogen-bond acceptors (Lipinski definition) is 3. The van der Waals surface area contributed by atoms with Crippen LogP contribution in [0.3, 0.4) is 0 Å². The molecule has 1 N–H and O–H groups in total. The van der Waals surface area contributed by atoms with Crippen LogP contribution in [0.5, 0.6) is 0 Å². The number of carbonyl (C=O) groups excluding carboxylic acids is 2. The molecule has 2 aliphatic rings. The highest BCUT2D eigenvalue weighted by atomic mass is 16.2. The molecule has 1 heterocycles. The van der Waals surface area contributed by atoms with Crippen LogP contribution in [-0.4, -0.2) is 36.3 Å². The Morgan fingerprint density at radius 1 is 1.25 bits per heavy atom. The molecule has 2 bridgehead atoms. The molecule has 1 aliphatic heterocycles. The Morgan fingerprint density at radius 3 is 2.44 bits per heavy atom. The van der Waals surface area contributed by atoms with Gasteiger partial charge in [0.1, 0.15) is 0 Å². The summed E-state index contributed by atoms with van der Waals surface area (Å²) in [5, 5.41) is 3.21. The molecule has 2 rings (SSSR count). The number of piperidine rings is 1. The molecule has 0 radical (unpaired) electrons. The smallest absolute Gasteiger partial charge is 0.232 e. The van der Waals surface area contributed by atoms with E-state index < -0.39 is 0 Å². The second-order valence-electron chi connectivity index (χ2n) is 4.74. The lowest BCUT2D eigenvalue weighted by atomic mass is 9.97. The minimum atomic E-state index is 0.0789. The normalized spacial score (nSPS) is 28.9. The van der Waals surface area contributed by atoms with Gasteiger partial charge in [-0.25, -0.2) is 0 Å². The summed E-state index contributed by atoms with van der Waals surface area (Å²) in [5.74, 6) is 0.439. The van der Waals surface area contributed by atoms with Crippen LogP contribution in [0.2, 0.25) is 0 Å². The van der Waals surface area contributed by atoms with Gasteiger partial charge in [0.25, 0.3) is 0 Å². The molecule has 0 spiro atoms. The highest BCUT2D eigenvalue weighted by Crippen LogP contribution is 2.37. The van der Waals surface area contributed by atoms with Crippen molar-refractivity contribution in [1.82, 2.24) is 10.2 Å². The number of nitrogens with one attached hydrogen (secondary N) is 1. The molecule has 1 saturated heterocycles. The number of likely N-dealkylation sites (tertiary alicyclic amines) is 1. The second kappa shape index (κ2) is 4.95. The third kappa shape index (κ3) is 2.12. The summed E-state index contributed by atoms with van der Waals surface area (Å²) in [6, 6.07) is 0. The average molecular weight is 224 g/mol. The first-order chi connectivity index (χ1) is 7.74. The molecule has 2 atom stereocenters. The van der Waals surface area contributed by atoms with Crippen LogP contribution in [0.4, 0.5) is 0 Å². The van der Waals surface area contributed by atoms with Crippen LogP contribution in [0.15, 0.2) is 0 Å². The monoisotopic (exact) mass is 224 g/mol. The maximum atomic E-state index is 11.9. The van der Waals surface area contributed by atoms with Crippen LogP contribution >= 0.6 is 0 Å². The Hall–Kier alpha value is -0.900. The van der Waals surface area contributed by atoms with E-state index in [0.29, 0.717) is 6.54 Å². The summed E-state index contributed by atoms with van der Waals surface area (Å²) in [6.45, 7) is 4.46. The molecule has 1 aliphatic carbocycles. The predicted molar refractivity (Wildman–Crippen MR) is 60.7 cm³/mol. The van der Waals surface area contributed by atoms with E-state index >= 15 is 0 Å². The Kier molecular flexibility index (Phi) is 3.59. The molecule has 2 fully saturated rings. The third-order valence-corrected chi connectivity index (χ3v) is 3.65. The fourth-order valence-electron chi connectivity index (χ4n) is 2.74. The number of fused-ring (bicyclic) bond motifs is 2. The summed E-state index contributed by atoms with van der Waals surface area (Å²) in [5.41, 5.74) is 0. The van der Waals surface area contributed by atoms with E-state index in [1.54, 1.807) is 0 Å².